The smallest absolute Gasteiger partial charge is 0.301 e. The largest absolute Gasteiger partial charge is 0.507 e. The van der Waals surface area contributed by atoms with Crippen LogP contribution in [-0.2, 0) is 9.59 Å². The second kappa shape index (κ2) is 8.65. The number of aromatic hydroxyl groups is 1. The van der Waals surface area contributed by atoms with Crippen LogP contribution in [0, 0.1) is 0 Å². The van der Waals surface area contributed by atoms with Crippen molar-refractivity contribution in [1.29, 1.82) is 0 Å². The minimum absolute atomic E-state index is 0.128. The van der Waals surface area contributed by atoms with Crippen LogP contribution in [0.1, 0.15) is 17.2 Å². The third kappa shape index (κ3) is 3.57. The number of phenolic OH excluding ortho intramolecular Hbond substituents is 1. The number of carbonyl (C=O) groups excluding carboxylic acids is 2. The van der Waals surface area contributed by atoms with Crippen LogP contribution < -0.4 is 19.1 Å². The molecule has 0 radical (unpaired) electrons. The van der Waals surface area contributed by atoms with Gasteiger partial charge in [0.25, 0.3) is 5.78 Å². The fourth-order valence-corrected chi connectivity index (χ4v) is 5.06. The molecule has 0 aliphatic carbocycles. The maximum absolute atomic E-state index is 13.2. The van der Waals surface area contributed by atoms with Gasteiger partial charge in [0.2, 0.25) is 0 Å². The molecule has 3 heterocycles. The highest BCUT2D eigenvalue weighted by Gasteiger charge is 2.48. The quantitative estimate of drug-likeness (QED) is 0.287. The fourth-order valence-electron chi connectivity index (χ4n) is 3.93. The van der Waals surface area contributed by atoms with Crippen LogP contribution in [0.5, 0.6) is 23.0 Å². The van der Waals surface area contributed by atoms with Gasteiger partial charge in [-0.2, -0.15) is 0 Å². The predicted octanol–water partition coefficient (Wildman–Crippen LogP) is 4.02. The number of aromatic nitrogens is 1. The van der Waals surface area contributed by atoms with E-state index in [-0.39, 0.29) is 33.5 Å². The summed E-state index contributed by atoms with van der Waals surface area (Å²) in [5, 5.41) is 23.5. The first-order valence-electron chi connectivity index (χ1n) is 10.1. The molecular formula is C23H17BrN2O7S. The lowest BCUT2D eigenvalue weighted by Crippen LogP contribution is -2.29. The van der Waals surface area contributed by atoms with Crippen molar-refractivity contribution in [3.05, 3.63) is 63.1 Å². The Morgan fingerprint density at radius 1 is 1.21 bits per heavy atom. The van der Waals surface area contributed by atoms with Crippen molar-refractivity contribution in [2.45, 2.75) is 6.04 Å². The molecule has 2 aliphatic rings. The van der Waals surface area contributed by atoms with Crippen molar-refractivity contribution < 1.29 is 34.0 Å². The van der Waals surface area contributed by atoms with Crippen molar-refractivity contribution in [3.63, 3.8) is 0 Å². The van der Waals surface area contributed by atoms with Crippen LogP contribution in [0.4, 0.5) is 5.13 Å². The summed E-state index contributed by atoms with van der Waals surface area (Å²) in [7, 11) is 1.39. The topological polar surface area (TPSA) is 118 Å². The van der Waals surface area contributed by atoms with Gasteiger partial charge in [-0.3, -0.25) is 14.5 Å². The van der Waals surface area contributed by atoms with E-state index in [1.54, 1.807) is 29.6 Å². The molecule has 0 spiro atoms. The van der Waals surface area contributed by atoms with Gasteiger partial charge in [-0.25, -0.2) is 4.98 Å². The first-order chi connectivity index (χ1) is 16.4. The average molecular weight is 545 g/mol. The number of thiazole rings is 1. The maximum Gasteiger partial charge on any atom is 0.301 e. The molecule has 1 aromatic heterocycles. The molecule has 1 saturated heterocycles. The van der Waals surface area contributed by atoms with Gasteiger partial charge in [0.1, 0.15) is 19.0 Å². The number of hydrogen-bond donors (Lipinski definition) is 2. The molecule has 2 N–H and O–H groups in total. The highest BCUT2D eigenvalue weighted by atomic mass is 79.9. The van der Waals surface area contributed by atoms with E-state index in [0.717, 1.165) is 0 Å². The summed E-state index contributed by atoms with van der Waals surface area (Å²) in [5.41, 5.74) is 0.586. The molecule has 9 nitrogen and oxygen atoms in total. The van der Waals surface area contributed by atoms with E-state index in [1.165, 1.54) is 35.6 Å². The van der Waals surface area contributed by atoms with Crippen molar-refractivity contribution in [1.82, 2.24) is 4.98 Å². The van der Waals surface area contributed by atoms with Crippen LogP contribution in [0.25, 0.3) is 5.76 Å². The fraction of sp³-hybridized carbons (Fsp3) is 0.174. The van der Waals surface area contributed by atoms with E-state index in [1.807, 2.05) is 0 Å². The molecule has 3 aromatic rings. The molecule has 2 aliphatic heterocycles. The summed E-state index contributed by atoms with van der Waals surface area (Å²) in [6.45, 7) is 0.766. The Bertz CT molecular complexity index is 1340. The number of aliphatic hydroxyl groups excluding tert-OH is 1. The Morgan fingerprint density at radius 3 is 2.68 bits per heavy atom. The molecule has 1 fully saturated rings. The summed E-state index contributed by atoms with van der Waals surface area (Å²) in [6.07, 6.45) is 1.52. The minimum Gasteiger partial charge on any atom is -0.507 e. The molecule has 1 amide bonds. The summed E-state index contributed by atoms with van der Waals surface area (Å²) in [6, 6.07) is 6.83. The SMILES string of the molecule is COc1cc(C2/C(=C(\O)c3ccc4c(c3)OCCO4)C(=O)C(=O)N2c2nccs2)cc(Br)c1O. The van der Waals surface area contributed by atoms with Gasteiger partial charge in [0, 0.05) is 17.1 Å². The lowest BCUT2D eigenvalue weighted by Gasteiger charge is -2.24. The molecule has 1 atom stereocenters. The summed E-state index contributed by atoms with van der Waals surface area (Å²) < 4.78 is 16.7. The second-order valence-corrected chi connectivity index (χ2v) is 9.12. The van der Waals surface area contributed by atoms with Gasteiger partial charge in [-0.05, 0) is 51.8 Å². The molecule has 0 saturated carbocycles. The van der Waals surface area contributed by atoms with Crippen LogP contribution in [0.15, 0.2) is 52.0 Å². The van der Waals surface area contributed by atoms with E-state index < -0.39 is 17.7 Å². The Morgan fingerprint density at radius 2 is 1.97 bits per heavy atom. The number of nitrogens with zero attached hydrogens (tertiary/aromatic N) is 2. The number of ether oxygens (including phenoxy) is 3. The average Bonchev–Trinajstić information content (AvgIpc) is 3.46. The first-order valence-corrected chi connectivity index (χ1v) is 11.7. The number of aliphatic hydroxyl groups is 1. The second-order valence-electron chi connectivity index (χ2n) is 7.40. The first kappa shape index (κ1) is 22.2. The number of phenols is 1. The Labute approximate surface area is 206 Å². The van der Waals surface area contributed by atoms with Crippen LogP contribution in [-0.4, -0.2) is 47.2 Å². The zero-order chi connectivity index (χ0) is 24.0. The van der Waals surface area contributed by atoms with Crippen molar-refractivity contribution >= 4 is 49.8 Å². The van der Waals surface area contributed by atoms with E-state index in [2.05, 4.69) is 20.9 Å². The number of carbonyl (C=O) groups is 2. The highest BCUT2D eigenvalue weighted by molar-refractivity contribution is 9.10. The van der Waals surface area contributed by atoms with Crippen LogP contribution >= 0.6 is 27.3 Å². The van der Waals surface area contributed by atoms with E-state index in [4.69, 9.17) is 14.2 Å². The van der Waals surface area contributed by atoms with Gasteiger partial charge in [0.15, 0.2) is 28.1 Å². The summed E-state index contributed by atoms with van der Waals surface area (Å²) >= 11 is 4.46. The summed E-state index contributed by atoms with van der Waals surface area (Å²) in [5.74, 6) is -1.12. The Hall–Kier alpha value is -3.57. The maximum atomic E-state index is 13.2. The molecule has 0 bridgehead atoms. The Balaban J connectivity index is 1.72. The van der Waals surface area contributed by atoms with Gasteiger partial charge in [-0.1, -0.05) is 0 Å². The summed E-state index contributed by atoms with van der Waals surface area (Å²) in [4.78, 5) is 31.8. The van der Waals surface area contributed by atoms with Gasteiger partial charge in [0.05, 0.1) is 23.2 Å². The van der Waals surface area contributed by atoms with Crippen molar-refractivity contribution in [2.24, 2.45) is 0 Å². The number of ketones is 1. The molecule has 2 aromatic carbocycles. The number of rotatable bonds is 4. The van der Waals surface area contributed by atoms with Crippen LogP contribution in [0.2, 0.25) is 0 Å². The van der Waals surface area contributed by atoms with Crippen molar-refractivity contribution in [2.75, 3.05) is 25.2 Å². The number of hydrogen-bond acceptors (Lipinski definition) is 9. The minimum atomic E-state index is -1.02. The number of fused-ring (bicyclic) bond motifs is 1. The number of methoxy groups -OCH3 is 1. The number of amides is 1. The molecule has 1 unspecified atom stereocenters. The zero-order valence-corrected chi connectivity index (χ0v) is 20.1. The number of halogens is 1. The van der Waals surface area contributed by atoms with Gasteiger partial charge in [-0.15, -0.1) is 11.3 Å². The Kier molecular flexibility index (Phi) is 5.66. The van der Waals surface area contributed by atoms with Gasteiger partial charge < -0.3 is 24.4 Å². The third-order valence-electron chi connectivity index (χ3n) is 5.47. The van der Waals surface area contributed by atoms with Crippen LogP contribution in [0.3, 0.4) is 0 Å². The number of Topliss-reactive ketones (excluding diaryl/α,β-unsaturated/α-hetero) is 1. The molecule has 34 heavy (non-hydrogen) atoms. The number of anilines is 1. The zero-order valence-electron chi connectivity index (χ0n) is 17.6. The molecule has 5 rings (SSSR count). The van der Waals surface area contributed by atoms with E-state index in [9.17, 15) is 19.8 Å². The highest BCUT2D eigenvalue weighted by Crippen LogP contribution is 2.46. The lowest BCUT2D eigenvalue weighted by atomic mass is 9.95. The third-order valence-corrected chi connectivity index (χ3v) is 6.85. The van der Waals surface area contributed by atoms with E-state index in [0.29, 0.717) is 34.7 Å². The molecular weight excluding hydrogens is 528 g/mol. The number of benzene rings is 2. The molecule has 11 heteroatoms. The normalized spacial score (nSPS) is 18.9. The predicted molar refractivity (Wildman–Crippen MR) is 127 cm³/mol. The lowest BCUT2D eigenvalue weighted by molar-refractivity contribution is -0.132. The van der Waals surface area contributed by atoms with Crippen molar-refractivity contribution in [3.8, 4) is 23.0 Å². The van der Waals surface area contributed by atoms with Gasteiger partial charge >= 0.3 is 5.91 Å². The molecule has 174 valence electrons. The van der Waals surface area contributed by atoms with E-state index >= 15 is 0 Å². The monoisotopic (exact) mass is 544 g/mol. The standard InChI is InChI=1S/C23H17BrN2O7S/c1-31-16-10-12(8-13(24)20(16)28)18-17(21(29)22(30)26(18)23-25-4-7-34-23)19(27)11-2-3-14-15(9-11)33-6-5-32-14/h2-4,7-10,18,27-28H,5-6H2,1H3/b19-17+.